The maximum absolute atomic E-state index is 14.4. The van der Waals surface area contributed by atoms with Crippen molar-refractivity contribution in [3.63, 3.8) is 0 Å². The molecule has 0 aliphatic rings. The number of aromatic nitrogens is 2. The van der Waals surface area contributed by atoms with Gasteiger partial charge in [0.1, 0.15) is 28.4 Å². The topological polar surface area (TPSA) is 114 Å². The number of ether oxygens (including phenoxy) is 2. The molecule has 3 N–H and O–H groups in total. The maximum Gasteiger partial charge on any atom is 0.165 e. The number of hydrogen-bond donors (Lipinski definition) is 2. The van der Waals surface area contributed by atoms with Crippen molar-refractivity contribution in [1.82, 2.24) is 10.2 Å². The van der Waals surface area contributed by atoms with Crippen LogP contribution in [0.4, 0.5) is 4.39 Å². The van der Waals surface area contributed by atoms with E-state index in [1.54, 1.807) is 18.2 Å². The second kappa shape index (κ2) is 9.82. The second-order valence-electron chi connectivity index (χ2n) is 6.18. The average molecular weight is 449 g/mol. The first kappa shape index (κ1) is 21.9. The predicted octanol–water partition coefficient (Wildman–Crippen LogP) is 3.63. The van der Waals surface area contributed by atoms with Crippen LogP contribution in [0.5, 0.6) is 11.5 Å². The van der Waals surface area contributed by atoms with Crippen LogP contribution in [0.15, 0.2) is 30.3 Å². The van der Waals surface area contributed by atoms with Crippen LogP contribution in [0.1, 0.15) is 12.5 Å². The monoisotopic (exact) mass is 448 g/mol. The normalized spacial score (nSPS) is 11.7. The summed E-state index contributed by atoms with van der Waals surface area (Å²) in [7, 11) is 0. The Morgan fingerprint density at radius 1 is 1.23 bits per heavy atom. The third-order valence-corrected chi connectivity index (χ3v) is 5.33. The van der Waals surface area contributed by atoms with Crippen LogP contribution in [0.2, 0.25) is 5.02 Å². The van der Waals surface area contributed by atoms with E-state index in [9.17, 15) is 9.65 Å². The Labute approximate surface area is 181 Å². The lowest BCUT2D eigenvalue weighted by molar-refractivity contribution is 0.202. The molecule has 0 aliphatic carbocycles. The lowest BCUT2D eigenvalue weighted by atomic mass is 10.1. The van der Waals surface area contributed by atoms with Crippen LogP contribution >= 0.6 is 22.9 Å². The van der Waals surface area contributed by atoms with Gasteiger partial charge < -0.3 is 20.3 Å². The molecule has 0 aliphatic heterocycles. The van der Waals surface area contributed by atoms with Gasteiger partial charge in [0.2, 0.25) is 0 Å². The zero-order valence-electron chi connectivity index (χ0n) is 15.9. The van der Waals surface area contributed by atoms with E-state index in [2.05, 4.69) is 16.3 Å². The summed E-state index contributed by atoms with van der Waals surface area (Å²) < 4.78 is 25.1. The third kappa shape index (κ3) is 4.86. The van der Waals surface area contributed by atoms with Gasteiger partial charge in [-0.05, 0) is 31.2 Å². The largest absolute Gasteiger partial charge is 0.492 e. The lowest BCUT2D eigenvalue weighted by Gasteiger charge is -2.12. The van der Waals surface area contributed by atoms with E-state index in [1.165, 1.54) is 23.5 Å². The first-order chi connectivity index (χ1) is 14.5. The Morgan fingerprint density at radius 2 is 2.00 bits per heavy atom. The van der Waals surface area contributed by atoms with Crippen LogP contribution in [-0.2, 0) is 0 Å². The highest BCUT2D eigenvalue weighted by Gasteiger charge is 2.17. The fraction of sp³-hybridized carbons (Fsp3) is 0.250. The molecule has 0 saturated heterocycles. The van der Waals surface area contributed by atoms with Crippen molar-refractivity contribution in [2.45, 2.75) is 13.0 Å². The van der Waals surface area contributed by atoms with E-state index in [0.29, 0.717) is 39.1 Å². The summed E-state index contributed by atoms with van der Waals surface area (Å²) in [6.07, 6.45) is 0. The Balaban J connectivity index is 1.87. The highest BCUT2D eigenvalue weighted by Crippen LogP contribution is 2.37. The molecule has 0 amide bonds. The number of benzene rings is 2. The molecule has 0 fully saturated rings. The van der Waals surface area contributed by atoms with Gasteiger partial charge in [-0.2, -0.15) is 5.26 Å². The summed E-state index contributed by atoms with van der Waals surface area (Å²) in [5.74, 6) is -0.207. The standard InChI is InChI=1S/C20H18ClFN4O3S/c1-2-28-17-4-3-11(5-12(17)8-23)19-25-26-20(30-19)14-6-16(22)18(7-15(14)21)29-10-13(24)9-27/h3-7,13,27H,2,9-10,24H2,1H3/t13-/m1/s1. The summed E-state index contributed by atoms with van der Waals surface area (Å²) in [5.41, 5.74) is 7.00. The summed E-state index contributed by atoms with van der Waals surface area (Å²) >= 11 is 7.51. The van der Waals surface area contributed by atoms with Crippen LogP contribution in [0.25, 0.3) is 21.1 Å². The molecule has 1 heterocycles. The Kier molecular flexibility index (Phi) is 7.18. The van der Waals surface area contributed by atoms with Gasteiger partial charge in [0.15, 0.2) is 11.6 Å². The molecular weight excluding hydrogens is 431 g/mol. The van der Waals surface area contributed by atoms with Crippen molar-refractivity contribution < 1.29 is 19.0 Å². The molecule has 0 saturated carbocycles. The van der Waals surface area contributed by atoms with Crippen LogP contribution < -0.4 is 15.2 Å². The number of hydrogen-bond acceptors (Lipinski definition) is 8. The van der Waals surface area contributed by atoms with E-state index < -0.39 is 11.9 Å². The Morgan fingerprint density at radius 3 is 2.70 bits per heavy atom. The van der Waals surface area contributed by atoms with Crippen molar-refractivity contribution in [3.8, 4) is 38.7 Å². The van der Waals surface area contributed by atoms with E-state index in [-0.39, 0.29) is 24.0 Å². The van der Waals surface area contributed by atoms with Gasteiger partial charge in [-0.25, -0.2) is 4.39 Å². The van der Waals surface area contributed by atoms with Crippen molar-refractivity contribution >= 4 is 22.9 Å². The molecule has 0 unspecified atom stereocenters. The minimum atomic E-state index is -0.635. The zero-order chi connectivity index (χ0) is 21.7. The van der Waals surface area contributed by atoms with Crippen molar-refractivity contribution in [2.24, 2.45) is 5.73 Å². The van der Waals surface area contributed by atoms with Crippen LogP contribution in [-0.4, -0.2) is 41.2 Å². The van der Waals surface area contributed by atoms with Gasteiger partial charge in [0, 0.05) is 17.2 Å². The molecule has 1 aromatic heterocycles. The SMILES string of the molecule is CCOc1ccc(-c2nnc(-c3cc(F)c(OC[C@H](N)CO)cc3Cl)s2)cc1C#N. The molecule has 30 heavy (non-hydrogen) atoms. The number of aliphatic hydroxyl groups is 1. The number of nitrogens with zero attached hydrogens (tertiary/aromatic N) is 3. The Bertz CT molecular complexity index is 1090. The van der Waals surface area contributed by atoms with Crippen molar-refractivity contribution in [2.75, 3.05) is 19.8 Å². The van der Waals surface area contributed by atoms with Crippen LogP contribution in [0.3, 0.4) is 0 Å². The molecule has 7 nitrogen and oxygen atoms in total. The minimum Gasteiger partial charge on any atom is -0.492 e. The van der Waals surface area contributed by atoms with Gasteiger partial charge in [-0.3, -0.25) is 0 Å². The van der Waals surface area contributed by atoms with E-state index >= 15 is 0 Å². The van der Waals surface area contributed by atoms with Gasteiger partial charge in [-0.15, -0.1) is 10.2 Å². The molecule has 10 heteroatoms. The predicted molar refractivity (Wildman–Crippen MR) is 112 cm³/mol. The van der Waals surface area contributed by atoms with Gasteiger partial charge >= 0.3 is 0 Å². The molecule has 3 aromatic rings. The highest BCUT2D eigenvalue weighted by atomic mass is 35.5. The summed E-state index contributed by atoms with van der Waals surface area (Å²) in [6, 6.07) is 9.17. The minimum absolute atomic E-state index is 0.0506. The lowest BCUT2D eigenvalue weighted by Crippen LogP contribution is -2.31. The highest BCUT2D eigenvalue weighted by molar-refractivity contribution is 7.18. The fourth-order valence-corrected chi connectivity index (χ4v) is 3.70. The average Bonchev–Trinajstić information content (AvgIpc) is 3.24. The molecule has 3 rings (SSSR count). The maximum atomic E-state index is 14.4. The summed E-state index contributed by atoms with van der Waals surface area (Å²) in [6.45, 7) is 1.96. The number of rotatable bonds is 8. The summed E-state index contributed by atoms with van der Waals surface area (Å²) in [4.78, 5) is 0. The molecule has 1 atom stereocenters. The van der Waals surface area contributed by atoms with Crippen molar-refractivity contribution in [3.05, 3.63) is 46.7 Å². The molecule has 156 valence electrons. The number of halogens is 2. The number of nitriles is 1. The molecule has 0 radical (unpaired) electrons. The first-order valence-corrected chi connectivity index (χ1v) is 10.2. The van der Waals surface area contributed by atoms with E-state index in [4.69, 9.17) is 31.9 Å². The Hall–Kier alpha value is -2.77. The summed E-state index contributed by atoms with van der Waals surface area (Å²) in [5, 5.41) is 27.7. The number of nitrogens with two attached hydrogens (primary N) is 1. The van der Waals surface area contributed by atoms with Gasteiger partial charge in [0.25, 0.3) is 0 Å². The molecular formula is C20H18ClFN4O3S. The van der Waals surface area contributed by atoms with E-state index in [1.807, 2.05) is 6.92 Å². The fourth-order valence-electron chi connectivity index (χ4n) is 2.53. The van der Waals surface area contributed by atoms with Gasteiger partial charge in [0.05, 0.1) is 29.8 Å². The molecule has 0 spiro atoms. The second-order valence-corrected chi connectivity index (χ2v) is 7.57. The van der Waals surface area contributed by atoms with Crippen LogP contribution in [0, 0.1) is 17.1 Å². The molecule has 0 bridgehead atoms. The molecule has 2 aromatic carbocycles. The zero-order valence-corrected chi connectivity index (χ0v) is 17.5. The first-order valence-electron chi connectivity index (χ1n) is 8.96. The van der Waals surface area contributed by atoms with Gasteiger partial charge in [-0.1, -0.05) is 22.9 Å². The number of aliphatic hydroxyl groups excluding tert-OH is 1. The van der Waals surface area contributed by atoms with E-state index in [0.717, 1.165) is 0 Å². The van der Waals surface area contributed by atoms with Crippen molar-refractivity contribution in [1.29, 1.82) is 5.26 Å². The smallest absolute Gasteiger partial charge is 0.165 e. The third-order valence-electron chi connectivity index (χ3n) is 4.01. The quantitative estimate of drug-likeness (QED) is 0.540.